The highest BCUT2D eigenvalue weighted by Gasteiger charge is 2.21. The second kappa shape index (κ2) is 12.8. The van der Waals surface area contributed by atoms with E-state index in [0.717, 1.165) is 50.1 Å². The Morgan fingerprint density at radius 1 is 0.300 bits per heavy atom. The molecule has 8 aromatic carbocycles. The predicted molar refractivity (Wildman–Crippen MR) is 210 cm³/mol. The fourth-order valence-electron chi connectivity index (χ4n) is 7.05. The molecular formula is C48H33NO. The van der Waals surface area contributed by atoms with Gasteiger partial charge in [-0.25, -0.2) is 0 Å². The molecule has 0 aliphatic heterocycles. The molecular weight excluding hydrogens is 607 g/mol. The molecule has 0 fully saturated rings. The number of hydrogen-bond donors (Lipinski definition) is 0. The summed E-state index contributed by atoms with van der Waals surface area (Å²) in [6, 6.07) is 71.0. The maximum absolute atomic E-state index is 6.49. The van der Waals surface area contributed by atoms with E-state index in [0.29, 0.717) is 0 Å². The number of anilines is 3. The molecule has 0 N–H and O–H groups in total. The fourth-order valence-corrected chi connectivity index (χ4v) is 7.05. The minimum atomic E-state index is 0.861. The highest BCUT2D eigenvalue weighted by molar-refractivity contribution is 6.09. The van der Waals surface area contributed by atoms with E-state index in [-0.39, 0.29) is 0 Å². The van der Waals surface area contributed by atoms with E-state index in [1.807, 2.05) is 12.1 Å². The molecule has 0 atom stereocenters. The maximum atomic E-state index is 6.49. The van der Waals surface area contributed by atoms with Gasteiger partial charge in [0.05, 0.1) is 5.69 Å². The zero-order valence-corrected chi connectivity index (χ0v) is 27.4. The second-order valence-corrected chi connectivity index (χ2v) is 12.5. The first-order valence-corrected chi connectivity index (χ1v) is 17.0. The van der Waals surface area contributed by atoms with Crippen LogP contribution in [0, 0.1) is 0 Å². The van der Waals surface area contributed by atoms with Gasteiger partial charge in [0.25, 0.3) is 0 Å². The molecule has 9 aromatic rings. The lowest BCUT2D eigenvalue weighted by Crippen LogP contribution is -2.11. The van der Waals surface area contributed by atoms with Crippen LogP contribution in [-0.2, 0) is 0 Å². The van der Waals surface area contributed by atoms with Gasteiger partial charge in [0, 0.05) is 33.8 Å². The Morgan fingerprint density at radius 3 is 1.34 bits per heavy atom. The normalized spacial score (nSPS) is 11.2. The van der Waals surface area contributed by atoms with Gasteiger partial charge in [0.1, 0.15) is 11.2 Å². The molecule has 0 aliphatic rings. The van der Waals surface area contributed by atoms with Gasteiger partial charge in [-0.05, 0) is 75.3 Å². The van der Waals surface area contributed by atoms with Crippen LogP contribution in [0.25, 0.3) is 66.4 Å². The number of hydrogen-bond acceptors (Lipinski definition) is 2. The molecule has 2 nitrogen and oxygen atoms in total. The summed E-state index contributed by atoms with van der Waals surface area (Å²) in [5.41, 5.74) is 14.4. The lowest BCUT2D eigenvalue weighted by Gasteiger charge is -2.28. The maximum Gasteiger partial charge on any atom is 0.137 e. The third-order valence-corrected chi connectivity index (χ3v) is 9.50. The first-order valence-electron chi connectivity index (χ1n) is 17.0. The van der Waals surface area contributed by atoms with Crippen LogP contribution in [0.4, 0.5) is 17.1 Å². The van der Waals surface area contributed by atoms with Crippen molar-refractivity contribution < 1.29 is 4.42 Å². The Labute approximate surface area is 292 Å². The average molecular weight is 640 g/mol. The summed E-state index contributed by atoms with van der Waals surface area (Å²) in [5.74, 6) is 0. The SMILES string of the molecule is c1ccc(-c2ccc(N(c3ccc(-c4ccccc4-c4ccccc4)cc3)c3cc4oc5ccccc5c4cc3-c3ccccc3)cc2)cc1. The predicted octanol–water partition coefficient (Wildman–Crippen LogP) is 13.7. The van der Waals surface area contributed by atoms with Gasteiger partial charge in [0.15, 0.2) is 0 Å². The van der Waals surface area contributed by atoms with Crippen molar-refractivity contribution in [3.8, 4) is 44.5 Å². The topological polar surface area (TPSA) is 16.4 Å². The van der Waals surface area contributed by atoms with Crippen LogP contribution in [0.5, 0.6) is 0 Å². The van der Waals surface area contributed by atoms with Crippen LogP contribution in [0.3, 0.4) is 0 Å². The van der Waals surface area contributed by atoms with E-state index in [4.69, 9.17) is 4.42 Å². The van der Waals surface area contributed by atoms with Crippen LogP contribution in [0.2, 0.25) is 0 Å². The molecule has 0 saturated carbocycles. The Balaban J connectivity index is 1.23. The van der Waals surface area contributed by atoms with Gasteiger partial charge in [-0.2, -0.15) is 0 Å². The monoisotopic (exact) mass is 639 g/mol. The van der Waals surface area contributed by atoms with Crippen molar-refractivity contribution in [2.24, 2.45) is 0 Å². The van der Waals surface area contributed by atoms with Crippen molar-refractivity contribution in [3.63, 3.8) is 0 Å². The van der Waals surface area contributed by atoms with Crippen LogP contribution >= 0.6 is 0 Å². The molecule has 1 aromatic heterocycles. The summed E-state index contributed by atoms with van der Waals surface area (Å²) in [4.78, 5) is 2.36. The quantitative estimate of drug-likeness (QED) is 0.173. The van der Waals surface area contributed by atoms with Crippen molar-refractivity contribution in [1.82, 2.24) is 0 Å². The molecule has 0 unspecified atom stereocenters. The molecule has 0 radical (unpaired) electrons. The Bertz CT molecular complexity index is 2550. The van der Waals surface area contributed by atoms with Crippen molar-refractivity contribution in [2.75, 3.05) is 4.90 Å². The van der Waals surface area contributed by atoms with Gasteiger partial charge in [-0.1, -0.05) is 158 Å². The van der Waals surface area contributed by atoms with Crippen molar-refractivity contribution in [1.29, 1.82) is 0 Å². The molecule has 50 heavy (non-hydrogen) atoms. The van der Waals surface area contributed by atoms with Crippen LogP contribution in [-0.4, -0.2) is 0 Å². The van der Waals surface area contributed by atoms with Crippen molar-refractivity contribution >= 4 is 39.0 Å². The van der Waals surface area contributed by atoms with Crippen molar-refractivity contribution in [3.05, 3.63) is 200 Å². The highest BCUT2D eigenvalue weighted by atomic mass is 16.3. The summed E-state index contributed by atoms with van der Waals surface area (Å²) in [6.07, 6.45) is 0. The Morgan fingerprint density at radius 2 is 0.740 bits per heavy atom. The highest BCUT2D eigenvalue weighted by Crippen LogP contribution is 2.45. The molecule has 236 valence electrons. The number of nitrogens with zero attached hydrogens (tertiary/aromatic N) is 1. The molecule has 0 amide bonds. The summed E-state index contributed by atoms with van der Waals surface area (Å²) < 4.78 is 6.49. The summed E-state index contributed by atoms with van der Waals surface area (Å²) in [7, 11) is 0. The largest absolute Gasteiger partial charge is 0.456 e. The smallest absolute Gasteiger partial charge is 0.137 e. The third-order valence-electron chi connectivity index (χ3n) is 9.50. The minimum Gasteiger partial charge on any atom is -0.456 e. The molecule has 9 rings (SSSR count). The summed E-state index contributed by atoms with van der Waals surface area (Å²) in [5, 5.41) is 2.22. The zero-order valence-electron chi connectivity index (χ0n) is 27.4. The number of para-hydroxylation sites is 1. The number of fused-ring (bicyclic) bond motifs is 3. The van der Waals surface area contributed by atoms with Gasteiger partial charge >= 0.3 is 0 Å². The van der Waals surface area contributed by atoms with Crippen molar-refractivity contribution in [2.45, 2.75) is 0 Å². The van der Waals surface area contributed by atoms with Gasteiger partial charge in [-0.3, -0.25) is 0 Å². The Hall–Kier alpha value is -6.64. The average Bonchev–Trinajstić information content (AvgIpc) is 3.57. The van der Waals surface area contributed by atoms with Crippen LogP contribution in [0.15, 0.2) is 205 Å². The minimum absolute atomic E-state index is 0.861. The lowest BCUT2D eigenvalue weighted by molar-refractivity contribution is 0.669. The van der Waals surface area contributed by atoms with E-state index < -0.39 is 0 Å². The molecule has 0 spiro atoms. The second-order valence-electron chi connectivity index (χ2n) is 12.5. The molecule has 0 saturated heterocycles. The molecule has 0 aliphatic carbocycles. The first-order chi connectivity index (χ1) is 24.8. The summed E-state index contributed by atoms with van der Waals surface area (Å²) >= 11 is 0. The van der Waals surface area contributed by atoms with E-state index in [1.54, 1.807) is 0 Å². The van der Waals surface area contributed by atoms with Crippen LogP contribution in [0.1, 0.15) is 0 Å². The first kappa shape index (κ1) is 29.5. The van der Waals surface area contributed by atoms with Crippen LogP contribution < -0.4 is 4.90 Å². The standard InChI is InChI=1S/C48H33NO/c1-4-14-34(15-5-1)35-24-28-39(29-25-35)49(40-30-26-38(27-31-40)42-21-11-10-20-41(42)36-16-6-2-7-17-36)46-33-48-45(43-22-12-13-23-47(43)50-48)32-44(46)37-18-8-3-9-19-37/h1-33H. The van der Waals surface area contributed by atoms with Gasteiger partial charge in [0.2, 0.25) is 0 Å². The van der Waals surface area contributed by atoms with E-state index in [9.17, 15) is 0 Å². The molecule has 0 bridgehead atoms. The fraction of sp³-hybridized carbons (Fsp3) is 0. The van der Waals surface area contributed by atoms with E-state index in [2.05, 4.69) is 193 Å². The molecule has 2 heteroatoms. The van der Waals surface area contributed by atoms with Gasteiger partial charge in [-0.15, -0.1) is 0 Å². The Kier molecular flexibility index (Phi) is 7.53. The van der Waals surface area contributed by atoms with E-state index in [1.165, 1.54) is 33.4 Å². The summed E-state index contributed by atoms with van der Waals surface area (Å²) in [6.45, 7) is 0. The third kappa shape index (κ3) is 5.43. The number of furan rings is 1. The number of benzene rings is 8. The molecule has 1 heterocycles. The number of rotatable bonds is 7. The lowest BCUT2D eigenvalue weighted by atomic mass is 9.94. The van der Waals surface area contributed by atoms with E-state index >= 15 is 0 Å². The zero-order chi connectivity index (χ0) is 33.3. The van der Waals surface area contributed by atoms with Gasteiger partial charge < -0.3 is 9.32 Å².